The van der Waals surface area contributed by atoms with Crippen molar-refractivity contribution in [2.24, 2.45) is 5.92 Å². The van der Waals surface area contributed by atoms with Gasteiger partial charge in [0.05, 0.1) is 19.8 Å². The molecule has 0 aromatic carbocycles. The van der Waals surface area contributed by atoms with E-state index >= 15 is 0 Å². The molecule has 61 heavy (non-hydrogen) atoms. The van der Waals surface area contributed by atoms with Gasteiger partial charge in [-0.05, 0) is 89.0 Å². The molecule has 1 saturated heterocycles. The van der Waals surface area contributed by atoms with Crippen LogP contribution in [-0.2, 0) is 19.1 Å². The minimum atomic E-state index is -0.730. The molecule has 0 saturated carbocycles. The van der Waals surface area contributed by atoms with Gasteiger partial charge in [0.15, 0.2) is 0 Å². The highest BCUT2D eigenvalue weighted by atomic mass is 32.2. The summed E-state index contributed by atoms with van der Waals surface area (Å²) in [6, 6.07) is 1.52. The van der Waals surface area contributed by atoms with E-state index in [1.807, 2.05) is 0 Å². The van der Waals surface area contributed by atoms with E-state index in [0.29, 0.717) is 38.5 Å². The van der Waals surface area contributed by atoms with E-state index in [0.717, 1.165) is 57.8 Å². The zero-order valence-electron chi connectivity index (χ0n) is 38.4. The van der Waals surface area contributed by atoms with E-state index in [-0.39, 0.29) is 53.9 Å². The van der Waals surface area contributed by atoms with Gasteiger partial charge in [0.2, 0.25) is 0 Å². The lowest BCUT2D eigenvalue weighted by Crippen LogP contribution is -2.27. The second kappa shape index (κ2) is 37.8. The van der Waals surface area contributed by atoms with Crippen molar-refractivity contribution in [2.75, 3.05) is 25.1 Å². The third kappa shape index (κ3) is 29.3. The van der Waals surface area contributed by atoms with E-state index < -0.39 is 11.8 Å². The Labute approximate surface area is 374 Å². The molecule has 1 aliphatic rings. The molecule has 3 atom stereocenters. The van der Waals surface area contributed by atoms with Crippen LogP contribution in [0, 0.1) is 5.92 Å². The topological polar surface area (TPSA) is 137 Å². The summed E-state index contributed by atoms with van der Waals surface area (Å²) in [6.45, 7) is 4.73. The second-order valence-corrected chi connectivity index (χ2v) is 18.4. The number of allylic oxidation sites excluding steroid dienone is 4. The molecule has 10 nitrogen and oxygen atoms in total. The highest BCUT2D eigenvalue weighted by Gasteiger charge is 2.28. The molecule has 348 valence electrons. The number of unbranched alkanes of at least 4 members (excludes halogenated alkanes) is 21. The molecule has 0 spiro atoms. The molecule has 0 aliphatic carbocycles. The molecule has 2 rings (SSSR count). The maximum Gasteiger partial charge on any atom is 0.412 e. The Morgan fingerprint density at radius 3 is 1.77 bits per heavy atom. The SMILES string of the molecule is CCCCCCCCC=CCCCCCCCC(=O)CCC(CCOC(=O)Nc1ccn(C2COC(CO)S2)c(=O)n1)CC(=O)CCCCCCC=CCCCCCCCC. The number of ketones is 2. The number of nitrogens with one attached hydrogen (secondary N) is 1. The van der Waals surface area contributed by atoms with Crippen LogP contribution >= 0.6 is 11.8 Å². The summed E-state index contributed by atoms with van der Waals surface area (Å²) in [4.78, 5) is 55.2. The molecule has 2 N–H and O–H groups in total. The summed E-state index contributed by atoms with van der Waals surface area (Å²) in [6.07, 6.45) is 43.5. The molecule has 3 unspecified atom stereocenters. The number of aliphatic hydroxyl groups is 1. The van der Waals surface area contributed by atoms with Gasteiger partial charge in [-0.1, -0.05) is 134 Å². The first-order chi connectivity index (χ1) is 29.9. The van der Waals surface area contributed by atoms with Crippen molar-refractivity contribution in [1.82, 2.24) is 9.55 Å². The van der Waals surface area contributed by atoms with Crippen LogP contribution < -0.4 is 11.0 Å². The van der Waals surface area contributed by atoms with Crippen LogP contribution in [-0.4, -0.2) is 57.6 Å². The van der Waals surface area contributed by atoms with Gasteiger partial charge in [-0.3, -0.25) is 19.5 Å². The van der Waals surface area contributed by atoms with Crippen LogP contribution in [0.25, 0.3) is 0 Å². The molecule has 1 fully saturated rings. The Bertz CT molecular complexity index is 1400. The van der Waals surface area contributed by atoms with Crippen molar-refractivity contribution in [3.05, 3.63) is 47.1 Å². The monoisotopic (exact) mass is 872 g/mol. The van der Waals surface area contributed by atoms with E-state index in [1.54, 1.807) is 0 Å². The van der Waals surface area contributed by atoms with Crippen LogP contribution in [0.3, 0.4) is 0 Å². The van der Waals surface area contributed by atoms with Crippen molar-refractivity contribution in [1.29, 1.82) is 0 Å². The number of anilines is 1. The van der Waals surface area contributed by atoms with Gasteiger partial charge in [-0.25, -0.2) is 9.59 Å². The predicted molar refractivity (Wildman–Crippen MR) is 253 cm³/mol. The lowest BCUT2D eigenvalue weighted by Gasteiger charge is -2.16. The number of rotatable bonds is 40. The summed E-state index contributed by atoms with van der Waals surface area (Å²) >= 11 is 1.33. The molecular weight excluding hydrogens is 787 g/mol. The number of ether oxygens (including phenoxy) is 2. The Balaban J connectivity index is 1.70. The first-order valence-corrected chi connectivity index (χ1v) is 25.5. The lowest BCUT2D eigenvalue weighted by atomic mass is 9.90. The molecule has 1 aromatic heterocycles. The number of aromatic nitrogens is 2. The zero-order valence-corrected chi connectivity index (χ0v) is 39.3. The van der Waals surface area contributed by atoms with Crippen LogP contribution in [0.1, 0.15) is 218 Å². The molecule has 1 aliphatic heterocycles. The van der Waals surface area contributed by atoms with Crippen molar-refractivity contribution >= 4 is 35.2 Å². The largest absolute Gasteiger partial charge is 0.449 e. The molecule has 0 radical (unpaired) electrons. The minimum Gasteiger partial charge on any atom is -0.449 e. The van der Waals surface area contributed by atoms with Gasteiger partial charge in [-0.2, -0.15) is 4.98 Å². The van der Waals surface area contributed by atoms with E-state index in [4.69, 9.17) is 9.47 Å². The van der Waals surface area contributed by atoms with E-state index in [2.05, 4.69) is 48.5 Å². The number of nitrogens with zero attached hydrogens (tertiary/aromatic N) is 2. The summed E-state index contributed by atoms with van der Waals surface area (Å²) in [5.74, 6) is 0.473. The van der Waals surface area contributed by atoms with Crippen molar-refractivity contribution in [3.8, 4) is 0 Å². The first kappa shape index (κ1) is 54.4. The van der Waals surface area contributed by atoms with Gasteiger partial charge in [0, 0.05) is 31.9 Å². The van der Waals surface area contributed by atoms with Gasteiger partial charge in [0.1, 0.15) is 28.2 Å². The van der Waals surface area contributed by atoms with Crippen LogP contribution in [0.15, 0.2) is 41.4 Å². The molecule has 1 amide bonds. The smallest absolute Gasteiger partial charge is 0.412 e. The molecule has 2 heterocycles. The summed E-state index contributed by atoms with van der Waals surface area (Å²) < 4.78 is 12.3. The third-order valence-electron chi connectivity index (χ3n) is 11.5. The molecular formula is C50H85N3O7S. The number of Topliss-reactive ketones (excluding diaryl/α,β-unsaturated/α-hetero) is 2. The Hall–Kier alpha value is -2.76. The molecule has 0 bridgehead atoms. The number of aliphatic hydroxyl groups excluding tert-OH is 1. The average Bonchev–Trinajstić information content (AvgIpc) is 3.73. The standard InChI is InChI=1S/C50H85N3O7S/c1-3-5-7-9-11-13-15-17-19-21-22-24-26-28-30-32-44(55)35-34-43(40-45(56)33-31-29-27-25-23-20-18-16-14-12-10-8-6-4-2)37-39-59-50(58)52-46-36-38-53(49(57)51-46)47-42-60-48(41-54)61-47/h17-20,36,38,43,47-48,54H,3-16,21-35,37,39-42H2,1-2H3,(H,51,52,57,58). The van der Waals surface area contributed by atoms with Gasteiger partial charge < -0.3 is 14.6 Å². The lowest BCUT2D eigenvalue weighted by molar-refractivity contribution is -0.122. The third-order valence-corrected chi connectivity index (χ3v) is 12.8. The highest BCUT2D eigenvalue weighted by Crippen LogP contribution is 2.34. The van der Waals surface area contributed by atoms with Crippen molar-refractivity contribution in [3.63, 3.8) is 0 Å². The summed E-state index contributed by atoms with van der Waals surface area (Å²) in [7, 11) is 0. The van der Waals surface area contributed by atoms with E-state index in [9.17, 15) is 24.3 Å². The van der Waals surface area contributed by atoms with Gasteiger partial charge in [0.25, 0.3) is 0 Å². The fourth-order valence-electron chi connectivity index (χ4n) is 7.72. The van der Waals surface area contributed by atoms with Crippen LogP contribution in [0.4, 0.5) is 10.6 Å². The number of hydrogen-bond acceptors (Lipinski definition) is 9. The Morgan fingerprint density at radius 2 is 1.26 bits per heavy atom. The zero-order chi connectivity index (χ0) is 44.0. The molecule has 1 aromatic rings. The van der Waals surface area contributed by atoms with E-state index in [1.165, 1.54) is 131 Å². The summed E-state index contributed by atoms with van der Waals surface area (Å²) in [5, 5.41) is 11.5. The number of carbonyl (C=O) groups excluding carboxylic acids is 3. The van der Waals surface area contributed by atoms with Crippen molar-refractivity contribution in [2.45, 2.75) is 224 Å². The second-order valence-electron chi connectivity index (χ2n) is 17.1. The van der Waals surface area contributed by atoms with Crippen molar-refractivity contribution < 1.29 is 29.0 Å². The molecule has 11 heteroatoms. The number of carbonyl (C=O) groups is 3. The fourth-order valence-corrected chi connectivity index (χ4v) is 8.76. The maximum atomic E-state index is 13.1. The first-order valence-electron chi connectivity index (χ1n) is 24.6. The predicted octanol–water partition coefficient (Wildman–Crippen LogP) is 13.4. The minimum absolute atomic E-state index is 0.0499. The number of thioether (sulfide) groups is 1. The maximum absolute atomic E-state index is 13.1. The average molecular weight is 872 g/mol. The number of amides is 1. The van der Waals surface area contributed by atoms with Crippen LogP contribution in [0.5, 0.6) is 0 Å². The highest BCUT2D eigenvalue weighted by molar-refractivity contribution is 8.00. The quantitative estimate of drug-likeness (QED) is 0.0488. The summed E-state index contributed by atoms with van der Waals surface area (Å²) in [5.41, 5.74) is -0.932. The Kier molecular flexibility index (Phi) is 33.7. The normalized spacial score (nSPS) is 15.9. The fraction of sp³-hybridized carbons (Fsp3) is 0.780. The van der Waals surface area contributed by atoms with Gasteiger partial charge >= 0.3 is 11.8 Å². The Morgan fingerprint density at radius 1 is 0.754 bits per heavy atom. The number of hydrogen-bond donors (Lipinski definition) is 2. The van der Waals surface area contributed by atoms with Gasteiger partial charge in [-0.15, -0.1) is 11.8 Å². The van der Waals surface area contributed by atoms with Crippen LogP contribution in [0.2, 0.25) is 0 Å².